The Morgan fingerprint density at radius 3 is 2.62 bits per heavy atom. The molecule has 2 amide bonds. The topological polar surface area (TPSA) is 83.6 Å². The number of para-hydroxylation sites is 2. The van der Waals surface area contributed by atoms with Gasteiger partial charge in [0.2, 0.25) is 11.8 Å². The molecule has 0 atom stereocenters. The number of carbonyl (C=O) groups excluding carboxylic acids is 2. The van der Waals surface area contributed by atoms with Crippen molar-refractivity contribution < 1.29 is 14.3 Å². The number of benzene rings is 1. The summed E-state index contributed by atoms with van der Waals surface area (Å²) in [6, 6.07) is 10.8. The van der Waals surface area contributed by atoms with Gasteiger partial charge in [-0.3, -0.25) is 14.5 Å². The van der Waals surface area contributed by atoms with Gasteiger partial charge in [-0.2, -0.15) is 0 Å². The van der Waals surface area contributed by atoms with Crippen LogP contribution in [0.1, 0.15) is 19.8 Å². The molecule has 3 rings (SSSR count). The number of rotatable bonds is 7. The number of nitrogens with zero attached hydrogens (tertiary/aromatic N) is 2. The summed E-state index contributed by atoms with van der Waals surface area (Å²) < 4.78 is 5.54. The number of halogens is 1. The third kappa shape index (κ3) is 6.17. The van der Waals surface area contributed by atoms with E-state index < -0.39 is 0 Å². The minimum Gasteiger partial charge on any atom is -0.492 e. The molecule has 0 saturated carbocycles. The summed E-state index contributed by atoms with van der Waals surface area (Å²) >= 11 is 5.81. The SMILES string of the molecule is CCOc1ccccc1NC(=O)CN1CCC(C(=O)Nc2ccc(Cl)cn2)CC1. The third-order valence-corrected chi connectivity index (χ3v) is 4.99. The highest BCUT2D eigenvalue weighted by Gasteiger charge is 2.26. The van der Waals surface area contributed by atoms with Crippen molar-refractivity contribution in [3.8, 4) is 5.75 Å². The van der Waals surface area contributed by atoms with Crippen LogP contribution < -0.4 is 15.4 Å². The van der Waals surface area contributed by atoms with Gasteiger partial charge in [0.05, 0.1) is 23.9 Å². The fourth-order valence-electron chi connectivity index (χ4n) is 3.28. The van der Waals surface area contributed by atoms with Gasteiger partial charge in [-0.1, -0.05) is 23.7 Å². The number of ether oxygens (including phenoxy) is 1. The molecule has 0 aliphatic carbocycles. The van der Waals surface area contributed by atoms with Crippen molar-refractivity contribution in [1.82, 2.24) is 9.88 Å². The molecule has 1 aromatic carbocycles. The van der Waals surface area contributed by atoms with Crippen LogP contribution in [0.2, 0.25) is 5.02 Å². The lowest BCUT2D eigenvalue weighted by atomic mass is 9.96. The molecule has 8 heteroatoms. The van der Waals surface area contributed by atoms with Gasteiger partial charge in [0, 0.05) is 12.1 Å². The highest BCUT2D eigenvalue weighted by Crippen LogP contribution is 2.24. The first-order valence-electron chi connectivity index (χ1n) is 9.71. The molecular formula is C21H25ClN4O3. The standard InChI is InChI=1S/C21H25ClN4O3/c1-2-29-18-6-4-3-5-17(18)24-20(27)14-26-11-9-15(10-12-26)21(28)25-19-8-7-16(22)13-23-19/h3-8,13,15H,2,9-12,14H2,1H3,(H,24,27)(H,23,25,28). The van der Waals surface area contributed by atoms with E-state index in [1.807, 2.05) is 31.2 Å². The van der Waals surface area contributed by atoms with Gasteiger partial charge in [0.1, 0.15) is 11.6 Å². The van der Waals surface area contributed by atoms with E-state index in [2.05, 4.69) is 20.5 Å². The van der Waals surface area contributed by atoms with Crippen molar-refractivity contribution in [3.05, 3.63) is 47.6 Å². The van der Waals surface area contributed by atoms with Gasteiger partial charge in [0.25, 0.3) is 0 Å². The van der Waals surface area contributed by atoms with Crippen LogP contribution in [0.25, 0.3) is 0 Å². The van der Waals surface area contributed by atoms with Crippen molar-refractivity contribution in [1.29, 1.82) is 0 Å². The van der Waals surface area contributed by atoms with E-state index in [0.29, 0.717) is 54.8 Å². The van der Waals surface area contributed by atoms with Crippen LogP contribution in [0.15, 0.2) is 42.6 Å². The first-order valence-corrected chi connectivity index (χ1v) is 10.1. The largest absolute Gasteiger partial charge is 0.492 e. The number of pyridine rings is 1. The Hall–Kier alpha value is -2.64. The van der Waals surface area contributed by atoms with Gasteiger partial charge in [-0.15, -0.1) is 0 Å². The average molecular weight is 417 g/mol. The van der Waals surface area contributed by atoms with Crippen LogP contribution in [-0.2, 0) is 9.59 Å². The van der Waals surface area contributed by atoms with Crippen LogP contribution in [-0.4, -0.2) is 47.9 Å². The number of nitrogens with one attached hydrogen (secondary N) is 2. The molecule has 0 unspecified atom stereocenters. The zero-order valence-electron chi connectivity index (χ0n) is 16.4. The molecule has 29 heavy (non-hydrogen) atoms. The molecule has 2 N–H and O–H groups in total. The van der Waals surface area contributed by atoms with E-state index in [1.54, 1.807) is 12.1 Å². The number of hydrogen-bond donors (Lipinski definition) is 2. The van der Waals surface area contributed by atoms with Crippen LogP contribution in [0.5, 0.6) is 5.75 Å². The maximum Gasteiger partial charge on any atom is 0.238 e. The molecule has 1 fully saturated rings. The van der Waals surface area contributed by atoms with E-state index in [4.69, 9.17) is 16.3 Å². The van der Waals surface area contributed by atoms with Crippen LogP contribution >= 0.6 is 11.6 Å². The smallest absolute Gasteiger partial charge is 0.238 e. The number of amides is 2. The van der Waals surface area contributed by atoms with E-state index in [9.17, 15) is 9.59 Å². The lowest BCUT2D eigenvalue weighted by Crippen LogP contribution is -2.41. The first-order chi connectivity index (χ1) is 14.0. The van der Waals surface area contributed by atoms with Crippen molar-refractivity contribution in [2.24, 2.45) is 5.92 Å². The molecule has 2 aromatic rings. The highest BCUT2D eigenvalue weighted by atomic mass is 35.5. The number of piperidine rings is 1. The second-order valence-electron chi connectivity index (χ2n) is 6.88. The summed E-state index contributed by atoms with van der Waals surface area (Å²) in [6.45, 7) is 4.10. The van der Waals surface area contributed by atoms with Crippen molar-refractivity contribution in [2.75, 3.05) is 36.9 Å². The lowest BCUT2D eigenvalue weighted by Gasteiger charge is -2.30. The van der Waals surface area contributed by atoms with Crippen molar-refractivity contribution in [2.45, 2.75) is 19.8 Å². The van der Waals surface area contributed by atoms with E-state index in [0.717, 1.165) is 0 Å². The zero-order chi connectivity index (χ0) is 20.6. The molecule has 0 bridgehead atoms. The molecule has 1 saturated heterocycles. The maximum absolute atomic E-state index is 12.4. The van der Waals surface area contributed by atoms with E-state index >= 15 is 0 Å². The molecule has 0 spiro atoms. The fraction of sp³-hybridized carbons (Fsp3) is 0.381. The summed E-state index contributed by atoms with van der Waals surface area (Å²) in [4.78, 5) is 31.0. The predicted octanol–water partition coefficient (Wildman–Crippen LogP) is 3.42. The third-order valence-electron chi connectivity index (χ3n) is 4.77. The Balaban J connectivity index is 1.45. The second kappa shape index (κ2) is 10.2. The van der Waals surface area contributed by atoms with Gasteiger partial charge >= 0.3 is 0 Å². The molecule has 1 aliphatic heterocycles. The molecule has 0 radical (unpaired) electrons. The highest BCUT2D eigenvalue weighted by molar-refractivity contribution is 6.30. The maximum atomic E-state index is 12.4. The lowest BCUT2D eigenvalue weighted by molar-refractivity contribution is -0.121. The van der Waals surface area contributed by atoms with Crippen molar-refractivity contribution >= 4 is 34.9 Å². The quantitative estimate of drug-likeness (QED) is 0.722. The molecule has 7 nitrogen and oxygen atoms in total. The van der Waals surface area contributed by atoms with Gasteiger partial charge < -0.3 is 15.4 Å². The summed E-state index contributed by atoms with van der Waals surface area (Å²) in [5.74, 6) is 0.925. The van der Waals surface area contributed by atoms with Gasteiger partial charge in [-0.05, 0) is 57.1 Å². The number of anilines is 2. The van der Waals surface area contributed by atoms with Crippen molar-refractivity contribution in [3.63, 3.8) is 0 Å². The predicted molar refractivity (Wildman–Crippen MR) is 113 cm³/mol. The first kappa shape index (κ1) is 21.1. The van der Waals surface area contributed by atoms with Crippen LogP contribution in [0, 0.1) is 5.92 Å². The van der Waals surface area contributed by atoms with E-state index in [1.165, 1.54) is 6.20 Å². The fourth-order valence-corrected chi connectivity index (χ4v) is 3.39. The second-order valence-corrected chi connectivity index (χ2v) is 7.32. The average Bonchev–Trinajstić information content (AvgIpc) is 2.72. The number of likely N-dealkylation sites (tertiary alicyclic amines) is 1. The monoisotopic (exact) mass is 416 g/mol. The van der Waals surface area contributed by atoms with E-state index in [-0.39, 0.29) is 24.3 Å². The normalized spacial score (nSPS) is 15.0. The summed E-state index contributed by atoms with van der Waals surface area (Å²) in [5.41, 5.74) is 0.670. The number of carbonyl (C=O) groups is 2. The molecule has 1 aromatic heterocycles. The zero-order valence-corrected chi connectivity index (χ0v) is 17.1. The molecule has 1 aliphatic rings. The van der Waals surface area contributed by atoms with Gasteiger partial charge in [-0.25, -0.2) is 4.98 Å². The Labute approximate surface area is 175 Å². The van der Waals surface area contributed by atoms with Gasteiger partial charge in [0.15, 0.2) is 0 Å². The Bertz CT molecular complexity index is 836. The molecule has 154 valence electrons. The van der Waals surface area contributed by atoms with Crippen LogP contribution in [0.4, 0.5) is 11.5 Å². The summed E-state index contributed by atoms with van der Waals surface area (Å²) in [6.07, 6.45) is 2.90. The Morgan fingerprint density at radius 1 is 1.17 bits per heavy atom. The summed E-state index contributed by atoms with van der Waals surface area (Å²) in [7, 11) is 0. The van der Waals surface area contributed by atoms with Crippen LogP contribution in [0.3, 0.4) is 0 Å². The summed E-state index contributed by atoms with van der Waals surface area (Å²) in [5, 5.41) is 6.26. The number of hydrogen-bond acceptors (Lipinski definition) is 5. The molecule has 2 heterocycles. The minimum atomic E-state index is -0.0922. The Kier molecular flexibility index (Phi) is 7.43. The minimum absolute atomic E-state index is 0.0467. The Morgan fingerprint density at radius 2 is 1.93 bits per heavy atom. The molecular weight excluding hydrogens is 392 g/mol. The number of aromatic nitrogens is 1.